The lowest BCUT2D eigenvalue weighted by molar-refractivity contribution is -0.384. The molecule has 0 fully saturated rings. The Morgan fingerprint density at radius 3 is 0.681 bits per heavy atom. The second-order valence-electron chi connectivity index (χ2n) is 25.7. The molecule has 2 spiro atoms. The van der Waals surface area contributed by atoms with Crippen molar-refractivity contribution in [2.75, 3.05) is 0 Å². The molecule has 5 aliphatic rings. The molecule has 29 aromatic carbocycles. The smallest absolute Gasteiger partial charge is 0.269 e. The number of non-ortho nitro benzene ring substituents is 1. The number of nitro groups is 1. The highest BCUT2D eigenvalue weighted by Crippen LogP contribution is 2.86. The van der Waals surface area contributed by atoms with Crippen molar-refractivity contribution >= 4 is 302 Å². The van der Waals surface area contributed by atoms with Gasteiger partial charge in [-0.3, -0.25) is 10.1 Å². The first-order valence-corrected chi connectivity index (χ1v) is 26.1. The van der Waals surface area contributed by atoms with E-state index < -0.39 is 11.0 Å². The molecule has 4 aliphatic carbocycles. The lowest BCUT2D eigenvalue weighted by Gasteiger charge is -2.48. The average Bonchev–Trinajstić information content (AvgIpc) is 4.42. The van der Waals surface area contributed by atoms with E-state index in [2.05, 4.69) is 6.08 Å². The Hall–Kier alpha value is -9.38. The summed E-state index contributed by atoms with van der Waals surface area (Å²) < 4.78 is 8.52. The largest absolute Gasteiger partial charge is 0.476 e. The molecule has 4 heteroatoms. The van der Waals surface area contributed by atoms with Gasteiger partial charge < -0.3 is 4.74 Å². The van der Waals surface area contributed by atoms with Gasteiger partial charge in [-0.15, -0.1) is 0 Å². The van der Waals surface area contributed by atoms with E-state index in [9.17, 15) is 10.1 Å². The normalized spacial score (nSPS) is 22.0. The number of hydrogen-bond donors (Lipinski definition) is 0. The van der Waals surface area contributed by atoms with Gasteiger partial charge in [-0.25, -0.2) is 0 Å². The minimum Gasteiger partial charge on any atom is -0.476 e. The van der Waals surface area contributed by atoms with Gasteiger partial charge in [-0.05, 0) is 320 Å². The molecule has 34 rings (SSSR count). The standard InChI is InChI=1S/C68H5NO3/c70-69(71)7-3-1-6(2-4-7)8-5-67-63-55-47-37-27-19-11-9-10-13-17-15(11)23-31-25(17)35-29-21(13)22-14(10)18-16-12(9)20(19)28-34-24(16)32-26(18)36-30(22)40-39(29)51-45(35)53-43(31)49(41(47)33(23)27)57(63)59(53)65-61(51)62-52(40)46(36)54-44(32)50-42(34)48(38(28)37)56(55)64(67)58(50)60(54)66(62)68(65,67)72-8/h1-5H. The molecule has 0 radical (unpaired) electrons. The Kier molecular flexibility index (Phi) is 2.21. The zero-order chi connectivity index (χ0) is 43.0. The molecule has 300 valence electrons. The second kappa shape index (κ2) is 5.98. The van der Waals surface area contributed by atoms with Crippen LogP contribution in [0.2, 0.25) is 0 Å². The highest BCUT2D eigenvalue weighted by atomic mass is 16.6. The van der Waals surface area contributed by atoms with Gasteiger partial charge in [0.05, 0.1) is 10.3 Å². The van der Waals surface area contributed by atoms with Crippen LogP contribution in [0.25, 0.3) is 297 Å². The number of benzene rings is 19. The van der Waals surface area contributed by atoms with Gasteiger partial charge in [0.15, 0.2) is 5.60 Å². The van der Waals surface area contributed by atoms with E-state index >= 15 is 0 Å². The third-order valence-corrected chi connectivity index (χ3v) is 25.3. The molecule has 0 atom stereocenters. The van der Waals surface area contributed by atoms with Crippen LogP contribution in [0, 0.1) is 10.1 Å². The molecule has 1 aliphatic heterocycles. The third kappa shape index (κ3) is 1.40. The Labute approximate surface area is 389 Å². The highest BCUT2D eigenvalue weighted by molar-refractivity contribution is 6.82. The van der Waals surface area contributed by atoms with Crippen molar-refractivity contribution in [1.82, 2.24) is 0 Å². The van der Waals surface area contributed by atoms with Gasteiger partial charge in [0, 0.05) is 28.8 Å². The first-order valence-electron chi connectivity index (χ1n) is 26.1. The van der Waals surface area contributed by atoms with Crippen LogP contribution in [0.4, 0.5) is 5.69 Å². The Morgan fingerprint density at radius 1 is 0.278 bits per heavy atom. The van der Waals surface area contributed by atoms with Crippen LogP contribution in [0.5, 0.6) is 0 Å². The Balaban J connectivity index is 1.12. The Bertz CT molecular complexity index is 7400. The van der Waals surface area contributed by atoms with E-state index in [0.717, 1.165) is 11.3 Å². The predicted octanol–water partition coefficient (Wildman–Crippen LogP) is 18.2. The average molecular weight is 884 g/mol. The van der Waals surface area contributed by atoms with Crippen LogP contribution in [0.3, 0.4) is 0 Å². The lowest BCUT2D eigenvalue weighted by atomic mass is 9.55. The molecular formula is C68H5NO3. The van der Waals surface area contributed by atoms with E-state index in [1.165, 1.54) is 86.9 Å². The van der Waals surface area contributed by atoms with E-state index in [0.29, 0.717) is 0 Å². The van der Waals surface area contributed by atoms with Crippen molar-refractivity contribution in [1.29, 1.82) is 0 Å². The summed E-state index contributed by atoms with van der Waals surface area (Å²) in [4.78, 5) is 12.0. The van der Waals surface area contributed by atoms with Crippen molar-refractivity contribution in [3.8, 4) is 0 Å². The molecule has 0 saturated carbocycles. The van der Waals surface area contributed by atoms with E-state index in [4.69, 9.17) is 4.74 Å². The molecule has 0 bridgehead atoms. The van der Waals surface area contributed by atoms with Crippen molar-refractivity contribution < 1.29 is 9.66 Å². The topological polar surface area (TPSA) is 52.4 Å². The van der Waals surface area contributed by atoms with E-state index in [-0.39, 0.29) is 10.6 Å². The first-order chi connectivity index (χ1) is 35.7. The summed E-state index contributed by atoms with van der Waals surface area (Å²) in [6.45, 7) is 0. The number of ether oxygens (including phenoxy) is 1. The summed E-state index contributed by atoms with van der Waals surface area (Å²) in [6, 6.07) is 7.35. The third-order valence-electron chi connectivity index (χ3n) is 25.3. The van der Waals surface area contributed by atoms with Crippen molar-refractivity contribution in [2.45, 2.75) is 11.0 Å². The van der Waals surface area contributed by atoms with Gasteiger partial charge in [-0.2, -0.15) is 0 Å². The maximum Gasteiger partial charge on any atom is 0.269 e. The summed E-state index contributed by atoms with van der Waals surface area (Å²) in [7, 11) is 0. The molecule has 72 heavy (non-hydrogen) atoms. The van der Waals surface area contributed by atoms with Crippen LogP contribution >= 0.6 is 0 Å². The zero-order valence-electron chi connectivity index (χ0n) is 36.1. The molecule has 29 aromatic rings. The zero-order valence-corrected chi connectivity index (χ0v) is 36.1. The minimum atomic E-state index is -0.866. The molecule has 0 aromatic heterocycles. The molecule has 4 nitrogen and oxygen atoms in total. The maximum absolute atomic E-state index is 12.2. The fourth-order valence-electron chi connectivity index (χ4n) is 24.9. The van der Waals surface area contributed by atoms with Crippen LogP contribution in [0.15, 0.2) is 30.3 Å². The molecule has 0 N–H and O–H groups in total. The first kappa shape index (κ1) is 26.6. The van der Waals surface area contributed by atoms with E-state index in [1.54, 1.807) is 238 Å². The quantitative estimate of drug-likeness (QED) is 0.0987. The lowest BCUT2D eigenvalue weighted by Crippen LogP contribution is -2.49. The minimum absolute atomic E-state index is 0.114. The number of hydrogen-bond acceptors (Lipinski definition) is 3. The molecule has 0 amide bonds. The summed E-state index contributed by atoms with van der Waals surface area (Å²) in [5.41, 5.74) is 5.46. The van der Waals surface area contributed by atoms with Crippen LogP contribution in [-0.2, 0) is 15.8 Å². The number of nitrogens with zero attached hydrogens (tertiary/aromatic N) is 1. The molecule has 1 heterocycles. The van der Waals surface area contributed by atoms with Gasteiger partial charge in [0.1, 0.15) is 5.76 Å². The summed E-state index contributed by atoms with van der Waals surface area (Å²) in [6.07, 6.45) is 2.64. The summed E-state index contributed by atoms with van der Waals surface area (Å²) >= 11 is 0. The number of rotatable bonds is 2. The van der Waals surface area contributed by atoms with Crippen molar-refractivity contribution in [2.24, 2.45) is 0 Å². The predicted molar refractivity (Wildman–Crippen MR) is 296 cm³/mol. The monoisotopic (exact) mass is 883 g/mol. The van der Waals surface area contributed by atoms with Gasteiger partial charge in [0.2, 0.25) is 0 Å². The van der Waals surface area contributed by atoms with Gasteiger partial charge >= 0.3 is 0 Å². The fourth-order valence-corrected chi connectivity index (χ4v) is 24.9. The molecule has 0 unspecified atom stereocenters. The van der Waals surface area contributed by atoms with Crippen molar-refractivity contribution in [3.63, 3.8) is 0 Å². The molecule has 0 saturated heterocycles. The van der Waals surface area contributed by atoms with E-state index in [1.807, 2.05) is 12.1 Å². The van der Waals surface area contributed by atoms with Crippen LogP contribution in [-0.4, -0.2) is 4.92 Å². The Morgan fingerprint density at radius 2 is 0.472 bits per heavy atom. The summed E-state index contributed by atoms with van der Waals surface area (Å²) in [5.74, 6) is 0.875. The fraction of sp³-hybridized carbons (Fsp3) is 0.0294. The van der Waals surface area contributed by atoms with Crippen LogP contribution < -0.4 is 0 Å². The molecular weight excluding hydrogens is 879 g/mol. The summed E-state index contributed by atoms with van der Waals surface area (Å²) in [5, 5.41) is 96.8. The number of nitro benzene ring substituents is 1. The van der Waals surface area contributed by atoms with Crippen molar-refractivity contribution in [3.05, 3.63) is 68.3 Å². The second-order valence-corrected chi connectivity index (χ2v) is 25.7. The maximum atomic E-state index is 12.2. The van der Waals surface area contributed by atoms with Crippen LogP contribution in [0.1, 0.15) is 27.8 Å². The highest BCUT2D eigenvalue weighted by Gasteiger charge is 2.73. The SMILES string of the molecule is O=[N+]([O-])c1ccc(C2=CC34c5c6c7c8c9c%10c(c%11c%12c3c3c5c5c%13c6c6c7c7c9c9c%14c%10c%10c%11c%11c%12c%12c3c3c5c5c%13c%13c6c6c7c9c7c9c%14c%10c%10c%11c%11c%12c3c3c5c5c%13c6c7c6c9c%10c%11c3c56)C84O2)cc1. The van der Waals surface area contributed by atoms with Gasteiger partial charge in [0.25, 0.3) is 5.69 Å². The van der Waals surface area contributed by atoms with Gasteiger partial charge in [-0.1, -0.05) is 0 Å².